The van der Waals surface area contributed by atoms with Crippen LogP contribution in [0.25, 0.3) is 6.08 Å². The molecule has 144 valence electrons. The minimum absolute atomic E-state index is 0.181. The van der Waals surface area contributed by atoms with E-state index in [2.05, 4.69) is 10.2 Å². The van der Waals surface area contributed by atoms with Crippen molar-refractivity contribution in [3.05, 3.63) is 52.8 Å². The Hall–Kier alpha value is -3.06. The molecule has 4 rings (SSSR count). The minimum Gasteiger partial charge on any atom is -0.441 e. The third-order valence-electron chi connectivity index (χ3n) is 4.74. The van der Waals surface area contributed by atoms with E-state index in [1.165, 1.54) is 18.6 Å². The summed E-state index contributed by atoms with van der Waals surface area (Å²) < 4.78 is 5.80. The average Bonchev–Trinajstić information content (AvgIpc) is 3.14. The molecule has 0 saturated carbocycles. The highest BCUT2D eigenvalue weighted by molar-refractivity contribution is 6.39. The normalized spacial score (nSPS) is 19.3. The van der Waals surface area contributed by atoms with Gasteiger partial charge in [0.2, 0.25) is 0 Å². The molecular weight excluding hydrogens is 382 g/mol. The number of rotatable bonds is 3. The minimum atomic E-state index is -0.817. The van der Waals surface area contributed by atoms with Gasteiger partial charge in [-0.25, -0.2) is 9.69 Å². The highest BCUT2D eigenvalue weighted by atomic mass is 35.5. The quantitative estimate of drug-likeness (QED) is 0.630. The van der Waals surface area contributed by atoms with E-state index in [-0.39, 0.29) is 11.3 Å². The molecule has 1 aromatic heterocycles. The summed E-state index contributed by atoms with van der Waals surface area (Å²) in [6.45, 7) is 1.83. The first kappa shape index (κ1) is 18.3. The molecule has 0 bridgehead atoms. The highest BCUT2D eigenvalue weighted by Gasteiger charge is 2.37. The molecule has 1 aromatic carbocycles. The van der Waals surface area contributed by atoms with Gasteiger partial charge in [0.25, 0.3) is 11.8 Å². The maximum absolute atomic E-state index is 12.9. The fourth-order valence-corrected chi connectivity index (χ4v) is 3.54. The number of amides is 4. The van der Waals surface area contributed by atoms with Gasteiger partial charge >= 0.3 is 6.03 Å². The van der Waals surface area contributed by atoms with Crippen LogP contribution in [-0.4, -0.2) is 30.9 Å². The lowest BCUT2D eigenvalue weighted by Crippen LogP contribution is -2.54. The van der Waals surface area contributed by atoms with E-state index >= 15 is 0 Å². The number of halogens is 1. The number of nitrogens with one attached hydrogen (secondary N) is 1. The van der Waals surface area contributed by atoms with Crippen molar-refractivity contribution in [1.29, 1.82) is 0 Å². The van der Waals surface area contributed by atoms with Crippen LogP contribution in [-0.2, 0) is 9.59 Å². The molecule has 0 unspecified atom stereocenters. The number of benzene rings is 1. The molecule has 0 atom stereocenters. The van der Waals surface area contributed by atoms with Crippen molar-refractivity contribution in [2.24, 2.45) is 0 Å². The Balaban J connectivity index is 1.63. The Morgan fingerprint density at radius 3 is 2.57 bits per heavy atom. The first-order valence-corrected chi connectivity index (χ1v) is 9.42. The molecule has 2 aliphatic rings. The number of furan rings is 1. The molecule has 2 fully saturated rings. The second-order valence-electron chi connectivity index (χ2n) is 6.66. The van der Waals surface area contributed by atoms with Crippen LogP contribution in [0.1, 0.15) is 25.0 Å². The van der Waals surface area contributed by atoms with Gasteiger partial charge in [0.15, 0.2) is 5.88 Å². The molecule has 3 heterocycles. The second kappa shape index (κ2) is 7.52. The van der Waals surface area contributed by atoms with Crippen LogP contribution in [0.15, 0.2) is 46.4 Å². The van der Waals surface area contributed by atoms with Crippen LogP contribution >= 0.6 is 11.6 Å². The molecule has 0 aliphatic carbocycles. The third kappa shape index (κ3) is 3.53. The number of nitrogens with zero attached hydrogens (tertiary/aromatic N) is 2. The SMILES string of the molecule is O=C1NC(=O)N(c2cccc(Cl)c2)C(=O)/C1=C\c1ccc(N2CCCCC2)o1. The van der Waals surface area contributed by atoms with Crippen molar-refractivity contribution in [2.45, 2.75) is 19.3 Å². The zero-order chi connectivity index (χ0) is 19.7. The van der Waals surface area contributed by atoms with Gasteiger partial charge in [-0.2, -0.15) is 0 Å². The third-order valence-corrected chi connectivity index (χ3v) is 4.97. The van der Waals surface area contributed by atoms with Crippen molar-refractivity contribution in [3.8, 4) is 0 Å². The first-order valence-electron chi connectivity index (χ1n) is 9.05. The van der Waals surface area contributed by atoms with Crippen LogP contribution in [0, 0.1) is 0 Å². The van der Waals surface area contributed by atoms with Crippen LogP contribution < -0.4 is 15.1 Å². The van der Waals surface area contributed by atoms with Gasteiger partial charge in [-0.1, -0.05) is 17.7 Å². The summed E-state index contributed by atoms with van der Waals surface area (Å²) in [7, 11) is 0. The van der Waals surface area contributed by atoms with Crippen LogP contribution in [0.2, 0.25) is 5.02 Å². The summed E-state index contributed by atoms with van der Waals surface area (Å²) >= 11 is 5.96. The summed E-state index contributed by atoms with van der Waals surface area (Å²) in [5.74, 6) is -0.409. The molecule has 2 aromatic rings. The zero-order valence-corrected chi connectivity index (χ0v) is 15.7. The number of hydrogen-bond acceptors (Lipinski definition) is 5. The highest BCUT2D eigenvalue weighted by Crippen LogP contribution is 2.27. The van der Waals surface area contributed by atoms with Gasteiger partial charge < -0.3 is 9.32 Å². The van der Waals surface area contributed by atoms with Gasteiger partial charge in [0.05, 0.1) is 5.69 Å². The summed E-state index contributed by atoms with van der Waals surface area (Å²) in [5.41, 5.74) is 0.0981. The number of barbiturate groups is 1. The molecule has 2 aliphatic heterocycles. The molecule has 1 N–H and O–H groups in total. The molecule has 7 nitrogen and oxygen atoms in total. The smallest absolute Gasteiger partial charge is 0.335 e. The maximum Gasteiger partial charge on any atom is 0.335 e. The molecular formula is C20H18ClN3O4. The molecule has 4 amide bonds. The standard InChI is InChI=1S/C20H18ClN3O4/c21-13-5-4-6-14(11-13)24-19(26)16(18(25)22-20(24)27)12-15-7-8-17(28-15)23-9-2-1-3-10-23/h4-8,11-12H,1-3,9-10H2,(H,22,25,27)/b16-12-. The number of urea groups is 1. The van der Waals surface area contributed by atoms with Crippen molar-refractivity contribution >= 4 is 47.1 Å². The van der Waals surface area contributed by atoms with E-state index < -0.39 is 17.8 Å². The zero-order valence-electron chi connectivity index (χ0n) is 15.0. The predicted octanol–water partition coefficient (Wildman–Crippen LogP) is 3.59. The lowest BCUT2D eigenvalue weighted by atomic mass is 10.1. The lowest BCUT2D eigenvalue weighted by molar-refractivity contribution is -0.122. The summed E-state index contributed by atoms with van der Waals surface area (Å²) in [4.78, 5) is 40.3. The monoisotopic (exact) mass is 399 g/mol. The topological polar surface area (TPSA) is 82.9 Å². The predicted molar refractivity (Wildman–Crippen MR) is 105 cm³/mol. The van der Waals surface area contributed by atoms with Gasteiger partial charge in [-0.15, -0.1) is 0 Å². The van der Waals surface area contributed by atoms with Crippen molar-refractivity contribution in [1.82, 2.24) is 5.32 Å². The molecule has 0 spiro atoms. The van der Waals surface area contributed by atoms with Crippen molar-refractivity contribution in [3.63, 3.8) is 0 Å². The molecule has 0 radical (unpaired) electrons. The average molecular weight is 400 g/mol. The van der Waals surface area contributed by atoms with Crippen LogP contribution in [0.4, 0.5) is 16.4 Å². The Bertz CT molecular complexity index is 975. The number of anilines is 2. The van der Waals surface area contributed by atoms with Gasteiger partial charge in [0.1, 0.15) is 11.3 Å². The number of carbonyl (C=O) groups excluding carboxylic acids is 3. The summed E-state index contributed by atoms with van der Waals surface area (Å²) in [6, 6.07) is 9.01. The maximum atomic E-state index is 12.9. The van der Waals surface area contributed by atoms with E-state index in [0.717, 1.165) is 30.8 Å². The van der Waals surface area contributed by atoms with Gasteiger partial charge in [0, 0.05) is 24.2 Å². The largest absolute Gasteiger partial charge is 0.441 e. The summed E-state index contributed by atoms with van der Waals surface area (Å²) in [5, 5.41) is 2.55. The van der Waals surface area contributed by atoms with Gasteiger partial charge in [-0.05, 0) is 49.6 Å². The number of hydrogen-bond donors (Lipinski definition) is 1. The Morgan fingerprint density at radius 2 is 1.82 bits per heavy atom. The first-order chi connectivity index (χ1) is 13.5. The second-order valence-corrected chi connectivity index (χ2v) is 7.10. The van der Waals surface area contributed by atoms with E-state index in [0.29, 0.717) is 16.7 Å². The molecule has 28 heavy (non-hydrogen) atoms. The van der Waals surface area contributed by atoms with E-state index in [1.54, 1.807) is 24.3 Å². The molecule has 8 heteroatoms. The summed E-state index contributed by atoms with van der Waals surface area (Å²) in [6.07, 6.45) is 4.77. The van der Waals surface area contributed by atoms with Gasteiger partial charge in [-0.3, -0.25) is 14.9 Å². The fraction of sp³-hybridized carbons (Fsp3) is 0.250. The van der Waals surface area contributed by atoms with Crippen molar-refractivity contribution in [2.75, 3.05) is 22.9 Å². The van der Waals surface area contributed by atoms with E-state index in [1.807, 2.05) is 6.07 Å². The van der Waals surface area contributed by atoms with E-state index in [4.69, 9.17) is 16.0 Å². The van der Waals surface area contributed by atoms with Crippen LogP contribution in [0.3, 0.4) is 0 Å². The number of imide groups is 2. The molecule has 2 saturated heterocycles. The van der Waals surface area contributed by atoms with Crippen molar-refractivity contribution < 1.29 is 18.8 Å². The Kier molecular flexibility index (Phi) is 4.92. The number of carbonyl (C=O) groups is 3. The fourth-order valence-electron chi connectivity index (χ4n) is 3.35. The van der Waals surface area contributed by atoms with Crippen LogP contribution in [0.5, 0.6) is 0 Å². The number of piperidine rings is 1. The lowest BCUT2D eigenvalue weighted by Gasteiger charge is -2.26. The Labute approximate surface area is 166 Å². The Morgan fingerprint density at radius 1 is 1.04 bits per heavy atom. The van der Waals surface area contributed by atoms with E-state index in [9.17, 15) is 14.4 Å².